The molecule has 2 N–H and O–H groups in total. The average Bonchev–Trinajstić information content (AvgIpc) is 2.80. The standard InChI is InChI=1S/C26H24O6/c1-3-25(29)32-14-13-17-9-5-6-10-18(17)20-15-21(23(28)16-24(20)31-4-2)26(30)19-11-7-8-12-22(19)27/h3,5-12,15-16,27-28H,1,4,13-14H2,2H3. The van der Waals surface area contributed by atoms with Crippen molar-refractivity contribution >= 4 is 11.8 Å². The van der Waals surface area contributed by atoms with Crippen LogP contribution in [-0.2, 0) is 16.0 Å². The number of para-hydroxylation sites is 1. The smallest absolute Gasteiger partial charge is 0.330 e. The number of esters is 1. The van der Waals surface area contributed by atoms with Gasteiger partial charge < -0.3 is 19.7 Å². The maximum absolute atomic E-state index is 13.1. The molecule has 0 aliphatic rings. The summed E-state index contributed by atoms with van der Waals surface area (Å²) in [6, 6.07) is 16.6. The van der Waals surface area contributed by atoms with E-state index in [4.69, 9.17) is 9.47 Å². The molecule has 0 unspecified atom stereocenters. The van der Waals surface area contributed by atoms with Crippen LogP contribution < -0.4 is 4.74 Å². The van der Waals surface area contributed by atoms with Crippen LogP contribution in [0.5, 0.6) is 17.2 Å². The molecule has 0 amide bonds. The first kappa shape index (κ1) is 22.6. The molecule has 3 aromatic rings. The lowest BCUT2D eigenvalue weighted by atomic mass is 9.93. The van der Waals surface area contributed by atoms with Crippen molar-refractivity contribution < 1.29 is 29.3 Å². The highest BCUT2D eigenvalue weighted by molar-refractivity contribution is 6.13. The summed E-state index contributed by atoms with van der Waals surface area (Å²) in [4.78, 5) is 24.4. The van der Waals surface area contributed by atoms with E-state index in [1.54, 1.807) is 18.2 Å². The molecule has 0 radical (unpaired) electrons. The number of carbonyl (C=O) groups excluding carboxylic acids is 2. The predicted molar refractivity (Wildman–Crippen MR) is 121 cm³/mol. The Labute approximate surface area is 186 Å². The Balaban J connectivity index is 2.07. The van der Waals surface area contributed by atoms with Crippen molar-refractivity contribution in [3.8, 4) is 28.4 Å². The van der Waals surface area contributed by atoms with Gasteiger partial charge in [-0.25, -0.2) is 4.79 Å². The molecule has 164 valence electrons. The van der Waals surface area contributed by atoms with Crippen molar-refractivity contribution in [1.82, 2.24) is 0 Å². The van der Waals surface area contributed by atoms with Gasteiger partial charge in [-0.05, 0) is 36.2 Å². The zero-order chi connectivity index (χ0) is 23.1. The van der Waals surface area contributed by atoms with E-state index < -0.39 is 11.8 Å². The molecule has 0 saturated heterocycles. The number of hydrogen-bond donors (Lipinski definition) is 2. The second-order valence-corrected chi connectivity index (χ2v) is 6.92. The molecule has 0 atom stereocenters. The number of phenolic OH excluding ortho intramolecular Hbond substituents is 2. The molecule has 0 aliphatic heterocycles. The van der Waals surface area contributed by atoms with E-state index in [0.717, 1.165) is 17.2 Å². The zero-order valence-electron chi connectivity index (χ0n) is 17.7. The highest BCUT2D eigenvalue weighted by Gasteiger charge is 2.21. The SMILES string of the molecule is C=CC(=O)OCCc1ccccc1-c1cc(C(=O)c2ccccc2O)c(O)cc1OCC. The number of rotatable bonds is 9. The fourth-order valence-corrected chi connectivity index (χ4v) is 3.37. The first-order valence-corrected chi connectivity index (χ1v) is 10.2. The lowest BCUT2D eigenvalue weighted by Crippen LogP contribution is -2.06. The second kappa shape index (κ2) is 10.3. The number of aromatic hydroxyl groups is 2. The molecular formula is C26H24O6. The third-order valence-corrected chi connectivity index (χ3v) is 4.88. The number of benzene rings is 3. The third-order valence-electron chi connectivity index (χ3n) is 4.88. The molecule has 0 heterocycles. The lowest BCUT2D eigenvalue weighted by molar-refractivity contribution is -0.137. The summed E-state index contributed by atoms with van der Waals surface area (Å²) in [6.45, 7) is 5.73. The Morgan fingerprint density at radius 1 is 0.938 bits per heavy atom. The molecule has 0 spiro atoms. The van der Waals surface area contributed by atoms with Crippen LogP contribution in [0.15, 0.2) is 73.3 Å². The fraction of sp³-hybridized carbons (Fsp3) is 0.154. The number of ether oxygens (including phenoxy) is 2. The normalized spacial score (nSPS) is 10.4. The van der Waals surface area contributed by atoms with Crippen molar-refractivity contribution in [3.05, 3.63) is 90.0 Å². The monoisotopic (exact) mass is 432 g/mol. The van der Waals surface area contributed by atoms with Gasteiger partial charge in [-0.15, -0.1) is 0 Å². The van der Waals surface area contributed by atoms with E-state index in [-0.39, 0.29) is 29.2 Å². The largest absolute Gasteiger partial charge is 0.507 e. The Hall–Kier alpha value is -4.06. The summed E-state index contributed by atoms with van der Waals surface area (Å²) in [6.07, 6.45) is 1.54. The molecule has 6 nitrogen and oxygen atoms in total. The predicted octanol–water partition coefficient (Wildman–Crippen LogP) is 4.67. The first-order valence-electron chi connectivity index (χ1n) is 10.2. The number of hydrogen-bond acceptors (Lipinski definition) is 6. The molecule has 0 aliphatic carbocycles. The summed E-state index contributed by atoms with van der Waals surface area (Å²) >= 11 is 0. The number of ketones is 1. The topological polar surface area (TPSA) is 93.1 Å². The second-order valence-electron chi connectivity index (χ2n) is 6.92. The van der Waals surface area contributed by atoms with Gasteiger partial charge in [-0.2, -0.15) is 0 Å². The minimum Gasteiger partial charge on any atom is -0.507 e. The molecule has 6 heteroatoms. The zero-order valence-corrected chi connectivity index (χ0v) is 17.7. The van der Waals surface area contributed by atoms with Gasteiger partial charge in [0.25, 0.3) is 0 Å². The van der Waals surface area contributed by atoms with Crippen molar-refractivity contribution in [3.63, 3.8) is 0 Å². The Morgan fingerprint density at radius 2 is 1.66 bits per heavy atom. The molecule has 0 saturated carbocycles. The summed E-state index contributed by atoms with van der Waals surface area (Å²) in [5.41, 5.74) is 2.38. The van der Waals surface area contributed by atoms with Gasteiger partial charge in [0.05, 0.1) is 24.3 Å². The van der Waals surface area contributed by atoms with Gasteiger partial charge in [0.1, 0.15) is 17.2 Å². The van der Waals surface area contributed by atoms with Gasteiger partial charge in [-0.1, -0.05) is 43.0 Å². The molecular weight excluding hydrogens is 408 g/mol. The Bertz CT molecular complexity index is 1150. The van der Waals surface area contributed by atoms with Gasteiger partial charge in [0, 0.05) is 24.1 Å². The molecule has 0 fully saturated rings. The summed E-state index contributed by atoms with van der Waals surface area (Å²) < 4.78 is 10.8. The maximum Gasteiger partial charge on any atom is 0.330 e. The minimum atomic E-state index is -0.512. The Kier molecular flexibility index (Phi) is 7.29. The number of carbonyl (C=O) groups is 2. The van der Waals surface area contributed by atoms with E-state index in [1.807, 2.05) is 31.2 Å². The van der Waals surface area contributed by atoms with Crippen molar-refractivity contribution in [1.29, 1.82) is 0 Å². The van der Waals surface area contributed by atoms with E-state index in [9.17, 15) is 19.8 Å². The van der Waals surface area contributed by atoms with Crippen LogP contribution >= 0.6 is 0 Å². The summed E-state index contributed by atoms with van der Waals surface area (Å²) in [5, 5.41) is 20.7. The van der Waals surface area contributed by atoms with Crippen molar-refractivity contribution in [2.75, 3.05) is 13.2 Å². The molecule has 3 rings (SSSR count). The molecule has 3 aromatic carbocycles. The molecule has 0 bridgehead atoms. The van der Waals surface area contributed by atoms with E-state index in [2.05, 4.69) is 6.58 Å². The van der Waals surface area contributed by atoms with Crippen LogP contribution in [0.25, 0.3) is 11.1 Å². The minimum absolute atomic E-state index is 0.0397. The molecule has 0 aromatic heterocycles. The van der Waals surface area contributed by atoms with Gasteiger partial charge >= 0.3 is 5.97 Å². The first-order chi connectivity index (χ1) is 15.5. The van der Waals surface area contributed by atoms with E-state index in [0.29, 0.717) is 24.3 Å². The van der Waals surface area contributed by atoms with Crippen LogP contribution in [0, 0.1) is 0 Å². The van der Waals surface area contributed by atoms with Crippen LogP contribution in [0.3, 0.4) is 0 Å². The van der Waals surface area contributed by atoms with Crippen LogP contribution in [0.4, 0.5) is 0 Å². The summed E-state index contributed by atoms with van der Waals surface area (Å²) in [5.74, 6) is -1.02. The highest BCUT2D eigenvalue weighted by Crippen LogP contribution is 2.39. The van der Waals surface area contributed by atoms with Crippen LogP contribution in [0.2, 0.25) is 0 Å². The van der Waals surface area contributed by atoms with Crippen molar-refractivity contribution in [2.45, 2.75) is 13.3 Å². The Morgan fingerprint density at radius 3 is 2.38 bits per heavy atom. The number of phenols is 2. The quantitative estimate of drug-likeness (QED) is 0.290. The third kappa shape index (κ3) is 4.98. The van der Waals surface area contributed by atoms with Gasteiger partial charge in [0.2, 0.25) is 0 Å². The summed E-state index contributed by atoms with van der Waals surface area (Å²) in [7, 11) is 0. The van der Waals surface area contributed by atoms with E-state index in [1.165, 1.54) is 18.2 Å². The van der Waals surface area contributed by atoms with Crippen LogP contribution in [-0.4, -0.2) is 35.2 Å². The lowest BCUT2D eigenvalue weighted by Gasteiger charge is -2.17. The highest BCUT2D eigenvalue weighted by atomic mass is 16.5. The molecule has 32 heavy (non-hydrogen) atoms. The van der Waals surface area contributed by atoms with Crippen LogP contribution in [0.1, 0.15) is 28.4 Å². The van der Waals surface area contributed by atoms with Crippen molar-refractivity contribution in [2.24, 2.45) is 0 Å². The maximum atomic E-state index is 13.1. The fourth-order valence-electron chi connectivity index (χ4n) is 3.37. The van der Waals surface area contributed by atoms with Gasteiger partial charge in [-0.3, -0.25) is 4.79 Å². The average molecular weight is 432 g/mol. The van der Waals surface area contributed by atoms with E-state index >= 15 is 0 Å². The van der Waals surface area contributed by atoms with Gasteiger partial charge in [0.15, 0.2) is 5.78 Å².